The predicted octanol–water partition coefficient (Wildman–Crippen LogP) is 3.86. The van der Waals surface area contributed by atoms with E-state index >= 15 is 0 Å². The second kappa shape index (κ2) is 8.43. The van der Waals surface area contributed by atoms with Crippen molar-refractivity contribution in [2.24, 2.45) is 11.7 Å². The van der Waals surface area contributed by atoms with Gasteiger partial charge in [0.2, 0.25) is 0 Å². The quantitative estimate of drug-likeness (QED) is 0.787. The van der Waals surface area contributed by atoms with E-state index in [-0.39, 0.29) is 18.0 Å². The Morgan fingerprint density at radius 2 is 2.16 bits per heavy atom. The van der Waals surface area contributed by atoms with Crippen LogP contribution in [0.1, 0.15) is 38.2 Å². The lowest BCUT2D eigenvalue weighted by Crippen LogP contribution is -2.11. The van der Waals surface area contributed by atoms with Crippen LogP contribution in [0.15, 0.2) is 22.7 Å². The molecule has 0 aromatic heterocycles. The van der Waals surface area contributed by atoms with E-state index in [1.54, 1.807) is 12.1 Å². The van der Waals surface area contributed by atoms with Crippen molar-refractivity contribution < 1.29 is 9.18 Å². The lowest BCUT2D eigenvalue weighted by molar-refractivity contribution is -0.118. The van der Waals surface area contributed by atoms with Gasteiger partial charge in [-0.3, -0.25) is 4.79 Å². The molecule has 1 atom stereocenters. The van der Waals surface area contributed by atoms with Crippen molar-refractivity contribution in [1.29, 1.82) is 0 Å². The van der Waals surface area contributed by atoms with Crippen molar-refractivity contribution in [2.75, 3.05) is 6.54 Å². The van der Waals surface area contributed by atoms with E-state index in [1.807, 2.05) is 0 Å². The maximum atomic E-state index is 13.5. The molecule has 0 aliphatic heterocycles. The molecule has 2 nitrogen and oxygen atoms in total. The van der Waals surface area contributed by atoms with Crippen molar-refractivity contribution in [2.45, 2.75) is 39.0 Å². The van der Waals surface area contributed by atoms with E-state index in [2.05, 4.69) is 22.9 Å². The fraction of sp³-hybridized carbons (Fsp3) is 0.533. The van der Waals surface area contributed by atoms with Gasteiger partial charge in [0.1, 0.15) is 11.6 Å². The van der Waals surface area contributed by atoms with Crippen LogP contribution >= 0.6 is 15.9 Å². The molecule has 1 aromatic rings. The van der Waals surface area contributed by atoms with E-state index in [9.17, 15) is 9.18 Å². The molecular weight excluding hydrogens is 309 g/mol. The second-order valence-electron chi connectivity index (χ2n) is 4.84. The Bertz CT molecular complexity index is 423. The molecule has 1 aromatic carbocycles. The molecule has 0 aliphatic rings. The SMILES string of the molecule is CCC(CCN)CCC(=O)Cc1cc(Br)ccc1F. The van der Waals surface area contributed by atoms with Crippen LogP contribution in [0.3, 0.4) is 0 Å². The third-order valence-electron chi connectivity index (χ3n) is 3.38. The summed E-state index contributed by atoms with van der Waals surface area (Å²) >= 11 is 3.29. The van der Waals surface area contributed by atoms with Gasteiger partial charge < -0.3 is 5.73 Å². The van der Waals surface area contributed by atoms with E-state index in [4.69, 9.17) is 5.73 Å². The molecule has 0 fully saturated rings. The Labute approximate surface area is 122 Å². The van der Waals surface area contributed by atoms with Gasteiger partial charge in [-0.25, -0.2) is 4.39 Å². The zero-order chi connectivity index (χ0) is 14.3. The van der Waals surface area contributed by atoms with Crippen molar-refractivity contribution in [3.05, 3.63) is 34.1 Å². The van der Waals surface area contributed by atoms with Gasteiger partial charge in [0.05, 0.1) is 0 Å². The average Bonchev–Trinajstić information content (AvgIpc) is 2.39. The minimum absolute atomic E-state index is 0.0903. The van der Waals surface area contributed by atoms with Gasteiger partial charge in [-0.15, -0.1) is 0 Å². The molecule has 106 valence electrons. The minimum Gasteiger partial charge on any atom is -0.330 e. The minimum atomic E-state index is -0.314. The molecular formula is C15H21BrFNO. The summed E-state index contributed by atoms with van der Waals surface area (Å²) in [5.74, 6) is 0.277. The van der Waals surface area contributed by atoms with Gasteiger partial charge >= 0.3 is 0 Å². The van der Waals surface area contributed by atoms with Crippen molar-refractivity contribution in [3.8, 4) is 0 Å². The molecule has 0 aliphatic carbocycles. The summed E-state index contributed by atoms with van der Waals surface area (Å²) in [6.07, 6.45) is 3.52. The molecule has 4 heteroatoms. The highest BCUT2D eigenvalue weighted by Crippen LogP contribution is 2.19. The molecule has 1 rings (SSSR count). The number of benzene rings is 1. The second-order valence-corrected chi connectivity index (χ2v) is 5.76. The fourth-order valence-electron chi connectivity index (χ4n) is 2.13. The van der Waals surface area contributed by atoms with Crippen LogP contribution in [0.5, 0.6) is 0 Å². The third kappa shape index (κ3) is 5.83. The number of carbonyl (C=O) groups excluding carboxylic acids is 1. The zero-order valence-corrected chi connectivity index (χ0v) is 12.9. The van der Waals surface area contributed by atoms with Crippen LogP contribution in [0, 0.1) is 11.7 Å². The standard InChI is InChI=1S/C15H21BrFNO/c1-2-11(7-8-18)3-5-14(19)10-12-9-13(16)4-6-15(12)17/h4,6,9,11H,2-3,5,7-8,10,18H2,1H3. The molecule has 19 heavy (non-hydrogen) atoms. The molecule has 0 spiro atoms. The van der Waals surface area contributed by atoms with Gasteiger partial charge in [-0.2, -0.15) is 0 Å². The highest BCUT2D eigenvalue weighted by Gasteiger charge is 2.12. The highest BCUT2D eigenvalue weighted by molar-refractivity contribution is 9.10. The molecule has 0 radical (unpaired) electrons. The van der Waals surface area contributed by atoms with Gasteiger partial charge in [0.25, 0.3) is 0 Å². The summed E-state index contributed by atoms with van der Waals surface area (Å²) in [6, 6.07) is 4.69. The van der Waals surface area contributed by atoms with Crippen LogP contribution in [-0.4, -0.2) is 12.3 Å². The van der Waals surface area contributed by atoms with Crippen LogP contribution in [-0.2, 0) is 11.2 Å². The number of hydrogen-bond donors (Lipinski definition) is 1. The van der Waals surface area contributed by atoms with E-state index in [1.165, 1.54) is 6.07 Å². The fourth-order valence-corrected chi connectivity index (χ4v) is 2.54. The van der Waals surface area contributed by atoms with Crippen molar-refractivity contribution in [3.63, 3.8) is 0 Å². The lowest BCUT2D eigenvalue weighted by Gasteiger charge is -2.12. The summed E-state index contributed by atoms with van der Waals surface area (Å²) < 4.78 is 14.3. The highest BCUT2D eigenvalue weighted by atomic mass is 79.9. The third-order valence-corrected chi connectivity index (χ3v) is 3.87. The first kappa shape index (κ1) is 16.3. The number of ketones is 1. The first-order chi connectivity index (χ1) is 9.06. The summed E-state index contributed by atoms with van der Waals surface area (Å²) in [5, 5.41) is 0. The maximum absolute atomic E-state index is 13.5. The number of hydrogen-bond acceptors (Lipinski definition) is 2. The van der Waals surface area contributed by atoms with E-state index in [0.29, 0.717) is 24.4 Å². The molecule has 0 bridgehead atoms. The summed E-state index contributed by atoms with van der Waals surface area (Å²) in [7, 11) is 0. The Balaban J connectivity index is 2.48. The lowest BCUT2D eigenvalue weighted by atomic mass is 9.94. The Morgan fingerprint density at radius 1 is 1.42 bits per heavy atom. The first-order valence-electron chi connectivity index (χ1n) is 6.72. The van der Waals surface area contributed by atoms with Crippen LogP contribution < -0.4 is 5.73 Å². The monoisotopic (exact) mass is 329 g/mol. The molecule has 1 unspecified atom stereocenters. The van der Waals surface area contributed by atoms with Crippen molar-refractivity contribution in [1.82, 2.24) is 0 Å². The maximum Gasteiger partial charge on any atom is 0.137 e. The molecule has 0 amide bonds. The van der Waals surface area contributed by atoms with E-state index in [0.717, 1.165) is 23.7 Å². The van der Waals surface area contributed by atoms with Gasteiger partial charge in [0, 0.05) is 17.3 Å². The van der Waals surface area contributed by atoms with Gasteiger partial charge in [-0.05, 0) is 49.1 Å². The zero-order valence-electron chi connectivity index (χ0n) is 11.3. The van der Waals surface area contributed by atoms with Crippen molar-refractivity contribution >= 4 is 21.7 Å². The topological polar surface area (TPSA) is 43.1 Å². The molecule has 0 saturated carbocycles. The molecule has 0 saturated heterocycles. The normalized spacial score (nSPS) is 12.4. The Morgan fingerprint density at radius 3 is 2.79 bits per heavy atom. The average molecular weight is 330 g/mol. The summed E-state index contributed by atoms with van der Waals surface area (Å²) in [5.41, 5.74) is 6.00. The van der Waals surface area contributed by atoms with Crippen LogP contribution in [0.2, 0.25) is 0 Å². The number of rotatable bonds is 8. The summed E-state index contributed by atoms with van der Waals surface area (Å²) in [6.45, 7) is 2.77. The Kier molecular flexibility index (Phi) is 7.24. The largest absolute Gasteiger partial charge is 0.330 e. The number of carbonyl (C=O) groups is 1. The number of nitrogens with two attached hydrogens (primary N) is 1. The summed E-state index contributed by atoms with van der Waals surface area (Å²) in [4.78, 5) is 11.9. The smallest absolute Gasteiger partial charge is 0.137 e. The van der Waals surface area contributed by atoms with E-state index < -0.39 is 0 Å². The van der Waals surface area contributed by atoms with Crippen LogP contribution in [0.25, 0.3) is 0 Å². The van der Waals surface area contributed by atoms with Gasteiger partial charge in [0.15, 0.2) is 0 Å². The predicted molar refractivity (Wildman–Crippen MR) is 79.5 cm³/mol. The van der Waals surface area contributed by atoms with Gasteiger partial charge in [-0.1, -0.05) is 29.3 Å². The number of halogens is 2. The number of Topliss-reactive ketones (excluding diaryl/α,β-unsaturated/α-hetero) is 1. The molecule has 0 heterocycles. The Hall–Kier alpha value is -0.740. The molecule has 2 N–H and O–H groups in total. The van der Waals surface area contributed by atoms with Crippen LogP contribution in [0.4, 0.5) is 4.39 Å². The first-order valence-corrected chi connectivity index (χ1v) is 7.51.